The summed E-state index contributed by atoms with van der Waals surface area (Å²) in [4.78, 5) is 28.7. The summed E-state index contributed by atoms with van der Waals surface area (Å²) >= 11 is 1.22. The molecule has 3 rings (SSSR count). The van der Waals surface area contributed by atoms with E-state index in [0.29, 0.717) is 5.01 Å². The van der Waals surface area contributed by atoms with Crippen LogP contribution in [-0.2, 0) is 11.3 Å². The van der Waals surface area contributed by atoms with Crippen molar-refractivity contribution in [1.82, 2.24) is 15.6 Å². The van der Waals surface area contributed by atoms with Gasteiger partial charge in [0, 0.05) is 5.38 Å². The van der Waals surface area contributed by atoms with Gasteiger partial charge in [0.05, 0.1) is 19.7 Å². The van der Waals surface area contributed by atoms with Crippen LogP contribution in [0.3, 0.4) is 0 Å². The lowest BCUT2D eigenvalue weighted by Gasteiger charge is -2.14. The largest absolute Gasteiger partial charge is 0.573 e. The Balaban J connectivity index is 1.43. The maximum atomic E-state index is 12.5. The van der Waals surface area contributed by atoms with Gasteiger partial charge in [-0.2, -0.15) is 0 Å². The zero-order valence-electron chi connectivity index (χ0n) is 18.7. The lowest BCUT2D eigenvalue weighted by atomic mass is 10.1. The van der Waals surface area contributed by atoms with Crippen molar-refractivity contribution in [2.45, 2.75) is 25.9 Å². The molecule has 2 amide bonds. The summed E-state index contributed by atoms with van der Waals surface area (Å²) in [5.74, 6) is -0.277. The lowest BCUT2D eigenvalue weighted by molar-refractivity contribution is -0.274. The van der Waals surface area contributed by atoms with Gasteiger partial charge in [-0.05, 0) is 48.9 Å². The molecule has 12 heteroatoms. The van der Waals surface area contributed by atoms with Crippen LogP contribution in [-0.4, -0.2) is 36.9 Å². The van der Waals surface area contributed by atoms with Gasteiger partial charge in [-0.15, -0.1) is 24.5 Å². The van der Waals surface area contributed by atoms with Gasteiger partial charge in [-0.3, -0.25) is 9.59 Å². The molecule has 0 aliphatic heterocycles. The highest BCUT2D eigenvalue weighted by Crippen LogP contribution is 2.24. The third-order valence-electron chi connectivity index (χ3n) is 4.61. The normalized spacial score (nSPS) is 11.9. The van der Waals surface area contributed by atoms with Gasteiger partial charge < -0.3 is 24.8 Å². The molecule has 0 bridgehead atoms. The third kappa shape index (κ3) is 8.18. The number of benzene rings is 2. The second-order valence-corrected chi connectivity index (χ2v) is 8.12. The molecule has 3 aromatic rings. The molecule has 0 unspecified atom stereocenters. The van der Waals surface area contributed by atoms with E-state index >= 15 is 0 Å². The zero-order valence-corrected chi connectivity index (χ0v) is 19.5. The zero-order chi connectivity index (χ0) is 25.4. The van der Waals surface area contributed by atoms with E-state index in [1.54, 1.807) is 12.5 Å². The SMILES string of the molecule is COc1ccc([C@H](C)NC(=O)c2csc(CNC(=O)COc3ccc(OC(F)(F)F)cc3)n2)cc1. The fourth-order valence-electron chi connectivity index (χ4n) is 2.85. The van der Waals surface area contributed by atoms with E-state index in [1.165, 1.54) is 23.5 Å². The average molecular weight is 510 g/mol. The van der Waals surface area contributed by atoms with Gasteiger partial charge >= 0.3 is 6.36 Å². The van der Waals surface area contributed by atoms with Gasteiger partial charge in [0.1, 0.15) is 28.0 Å². The second-order valence-electron chi connectivity index (χ2n) is 7.18. The van der Waals surface area contributed by atoms with Gasteiger partial charge in [0.15, 0.2) is 6.61 Å². The molecule has 0 saturated carbocycles. The molecule has 1 heterocycles. The van der Waals surface area contributed by atoms with Crippen molar-refractivity contribution >= 4 is 23.2 Å². The number of halogens is 3. The number of amides is 2. The molecule has 0 radical (unpaired) electrons. The van der Waals surface area contributed by atoms with E-state index < -0.39 is 18.0 Å². The summed E-state index contributed by atoms with van der Waals surface area (Å²) < 4.78 is 50.7. The lowest BCUT2D eigenvalue weighted by Crippen LogP contribution is -2.29. The van der Waals surface area contributed by atoms with E-state index in [9.17, 15) is 22.8 Å². The first kappa shape index (κ1) is 25.8. The Hall–Kier alpha value is -3.80. The number of alkyl halides is 3. The van der Waals surface area contributed by atoms with Gasteiger partial charge in [0.2, 0.25) is 0 Å². The highest BCUT2D eigenvalue weighted by Gasteiger charge is 2.31. The van der Waals surface area contributed by atoms with E-state index in [-0.39, 0.29) is 36.5 Å². The molecule has 186 valence electrons. The predicted octanol–water partition coefficient (Wildman–Crippen LogP) is 4.24. The Morgan fingerprint density at radius 2 is 1.66 bits per heavy atom. The number of nitrogens with zero attached hydrogens (tertiary/aromatic N) is 1. The summed E-state index contributed by atoms with van der Waals surface area (Å²) in [6.45, 7) is 1.59. The molecule has 0 aliphatic carbocycles. The van der Waals surface area contributed by atoms with Crippen LogP contribution in [0.1, 0.15) is 34.0 Å². The molecule has 0 fully saturated rings. The van der Waals surface area contributed by atoms with Crippen molar-refractivity contribution in [2.75, 3.05) is 13.7 Å². The van der Waals surface area contributed by atoms with Crippen molar-refractivity contribution in [2.24, 2.45) is 0 Å². The number of hydrogen-bond acceptors (Lipinski definition) is 7. The number of aromatic nitrogens is 1. The Morgan fingerprint density at radius 1 is 1.03 bits per heavy atom. The van der Waals surface area contributed by atoms with Crippen LogP contribution in [0.5, 0.6) is 17.2 Å². The topological polar surface area (TPSA) is 98.8 Å². The predicted molar refractivity (Wildman–Crippen MR) is 121 cm³/mol. The number of carbonyl (C=O) groups excluding carboxylic acids is 2. The monoisotopic (exact) mass is 509 g/mol. The minimum atomic E-state index is -4.78. The maximum absolute atomic E-state index is 12.5. The van der Waals surface area contributed by atoms with Crippen molar-refractivity contribution in [1.29, 1.82) is 0 Å². The van der Waals surface area contributed by atoms with E-state index in [2.05, 4.69) is 20.4 Å². The van der Waals surface area contributed by atoms with Crippen LogP contribution < -0.4 is 24.8 Å². The molecule has 8 nitrogen and oxygen atoms in total. The number of hydrogen-bond donors (Lipinski definition) is 2. The fourth-order valence-corrected chi connectivity index (χ4v) is 3.57. The van der Waals surface area contributed by atoms with Crippen molar-refractivity contribution < 1.29 is 37.0 Å². The first-order chi connectivity index (χ1) is 16.6. The fraction of sp³-hybridized carbons (Fsp3) is 0.261. The summed E-state index contributed by atoms with van der Waals surface area (Å²) in [5, 5.41) is 7.60. The number of rotatable bonds is 10. The Kier molecular flexibility index (Phi) is 8.53. The number of methoxy groups -OCH3 is 1. The Labute approximate surface area is 203 Å². The first-order valence-electron chi connectivity index (χ1n) is 10.3. The van der Waals surface area contributed by atoms with E-state index in [4.69, 9.17) is 9.47 Å². The first-order valence-corrected chi connectivity index (χ1v) is 11.2. The number of nitrogens with one attached hydrogen (secondary N) is 2. The van der Waals surface area contributed by atoms with Crippen LogP contribution in [0.4, 0.5) is 13.2 Å². The smallest absolute Gasteiger partial charge is 0.497 e. The molecular weight excluding hydrogens is 487 g/mol. The number of carbonyl (C=O) groups is 2. The van der Waals surface area contributed by atoms with Gasteiger partial charge in [-0.1, -0.05) is 12.1 Å². The minimum Gasteiger partial charge on any atom is -0.497 e. The van der Waals surface area contributed by atoms with Crippen LogP contribution >= 0.6 is 11.3 Å². The van der Waals surface area contributed by atoms with Crippen LogP contribution in [0.15, 0.2) is 53.9 Å². The van der Waals surface area contributed by atoms with Crippen molar-refractivity contribution in [3.63, 3.8) is 0 Å². The highest BCUT2D eigenvalue weighted by atomic mass is 32.1. The van der Waals surface area contributed by atoms with Crippen LogP contribution in [0.2, 0.25) is 0 Å². The average Bonchev–Trinajstić information content (AvgIpc) is 3.30. The number of thiazole rings is 1. The van der Waals surface area contributed by atoms with E-state index in [1.807, 2.05) is 31.2 Å². The quantitative estimate of drug-likeness (QED) is 0.424. The Morgan fingerprint density at radius 3 is 2.29 bits per heavy atom. The molecule has 1 aromatic heterocycles. The second kappa shape index (κ2) is 11.6. The minimum absolute atomic E-state index is 0.0898. The summed E-state index contributed by atoms with van der Waals surface area (Å²) in [6, 6.07) is 11.8. The summed E-state index contributed by atoms with van der Waals surface area (Å²) in [7, 11) is 1.58. The molecule has 0 saturated heterocycles. The van der Waals surface area contributed by atoms with Crippen molar-refractivity contribution in [3.8, 4) is 17.2 Å². The van der Waals surface area contributed by atoms with Crippen molar-refractivity contribution in [3.05, 3.63) is 70.2 Å². The maximum Gasteiger partial charge on any atom is 0.573 e. The third-order valence-corrected chi connectivity index (χ3v) is 5.46. The number of ether oxygens (including phenoxy) is 3. The highest BCUT2D eigenvalue weighted by molar-refractivity contribution is 7.09. The Bertz CT molecular complexity index is 1130. The van der Waals surface area contributed by atoms with Crippen LogP contribution in [0, 0.1) is 0 Å². The van der Waals surface area contributed by atoms with Gasteiger partial charge in [-0.25, -0.2) is 4.98 Å². The molecule has 0 spiro atoms. The molecule has 35 heavy (non-hydrogen) atoms. The standard InChI is InChI=1S/C23H22F3N3O5S/c1-14(15-3-5-16(32-2)6-4-15)28-22(31)19-13-35-21(29-19)11-27-20(30)12-33-17-7-9-18(10-8-17)34-23(24,25)26/h3-10,13-14H,11-12H2,1-2H3,(H,27,30)(H,28,31)/t14-/m0/s1. The van der Waals surface area contributed by atoms with Crippen LogP contribution in [0.25, 0.3) is 0 Å². The van der Waals surface area contributed by atoms with E-state index in [0.717, 1.165) is 23.4 Å². The molecule has 2 aromatic carbocycles. The summed E-state index contributed by atoms with van der Waals surface area (Å²) in [5.41, 5.74) is 1.14. The molecule has 1 atom stereocenters. The molecule has 0 aliphatic rings. The summed E-state index contributed by atoms with van der Waals surface area (Å²) in [6.07, 6.45) is -4.78. The molecule has 2 N–H and O–H groups in total. The van der Waals surface area contributed by atoms with Gasteiger partial charge in [0.25, 0.3) is 11.8 Å². The molecular formula is C23H22F3N3O5S.